The lowest BCUT2D eigenvalue weighted by molar-refractivity contribution is -0.146. The second-order valence-corrected chi connectivity index (χ2v) is 26.1. The maximum absolute atomic E-state index is 14.6. The maximum atomic E-state index is 14.6. The zero-order chi connectivity index (χ0) is 61.4. The molecule has 0 spiro atoms. The molecule has 6 aromatic rings. The molecule has 460 valence electrons. The normalized spacial score (nSPS) is 24.8. The topological polar surface area (TPSA) is 360 Å². The van der Waals surface area contributed by atoms with E-state index in [9.17, 15) is 47.9 Å². The number of nitrogens with two attached hydrogens (primary N) is 2. The first-order valence-corrected chi connectivity index (χ1v) is 29.9. The Morgan fingerprint density at radius 1 is 0.631 bits per heavy atom. The molecular weight excluding hydrogens is 1140 g/mol. The Hall–Kier alpha value is -6.26. The van der Waals surface area contributed by atoms with Gasteiger partial charge in [-0.15, -0.1) is 0 Å². The highest BCUT2D eigenvalue weighted by Crippen LogP contribution is 2.51. The van der Waals surface area contributed by atoms with Crippen molar-refractivity contribution in [3.05, 3.63) is 109 Å². The largest absolute Gasteiger partial charge is 0.465 e. The predicted molar refractivity (Wildman–Crippen MR) is 300 cm³/mol. The predicted octanol–water partition coefficient (Wildman–Crippen LogP) is 5.95. The van der Waals surface area contributed by atoms with Gasteiger partial charge >= 0.3 is 27.4 Å². The van der Waals surface area contributed by atoms with Crippen molar-refractivity contribution < 1.29 is 85.0 Å². The van der Waals surface area contributed by atoms with E-state index in [4.69, 9.17) is 48.5 Å². The summed E-state index contributed by atoms with van der Waals surface area (Å²) in [4.78, 5) is 33.1. The van der Waals surface area contributed by atoms with Gasteiger partial charge in [-0.3, -0.25) is 18.6 Å². The number of nitrogens with one attached hydrogen (secondary N) is 2. The first-order chi connectivity index (χ1) is 39.5. The molecule has 0 saturated carbocycles. The standard InChI is InChI=1S/2C27H37FN5O8P/c2*1-17(25(36)38-13-12-26(2,3)4)32-42(37,41-18-8-6-5-7-9-18)39-15-27(14-28)23(35)21(34)22(40-27)19-10-11-20-24(29)30-16-31-33(19)20/h2*5-11,16-17,21-23,34-35H,12-15H2,1-4H3,(H,32,37)(H2,29,30,31)/t17-,21-,22-,23-,27+,42+;17-,21-,22-,23-,27+,42-/m00/s1. The van der Waals surface area contributed by atoms with Crippen LogP contribution in [0.4, 0.5) is 20.4 Å². The zero-order valence-electron chi connectivity index (χ0n) is 47.7. The summed E-state index contributed by atoms with van der Waals surface area (Å²) in [5, 5.41) is 56.9. The SMILES string of the molecule is C[C@H](N[P@@](=O)(OC[C@@]1(CF)O[C@@H](c2ccc3c(N)ncnn23)[C@H](O)[C@@H]1O)Oc1ccccc1)C(=O)OCCC(C)(C)C.C[C@H](N[P@](=O)(OC[C@@]1(CF)O[C@@H](c2ccc3c(N)ncnn23)[C@H](O)[C@@H]1O)Oc1ccccc1)C(=O)OCCC(C)(C)C. The van der Waals surface area contributed by atoms with E-state index in [2.05, 4.69) is 30.3 Å². The van der Waals surface area contributed by atoms with Gasteiger partial charge in [0.1, 0.15) is 108 Å². The minimum absolute atomic E-state index is 0.0658. The summed E-state index contributed by atoms with van der Waals surface area (Å²) in [7, 11) is -8.86. The van der Waals surface area contributed by atoms with Crippen molar-refractivity contribution in [1.82, 2.24) is 39.4 Å². The monoisotopic (exact) mass is 1220 g/mol. The van der Waals surface area contributed by atoms with Crippen LogP contribution in [0.2, 0.25) is 0 Å². The van der Waals surface area contributed by atoms with Crippen LogP contribution >= 0.6 is 15.5 Å². The highest BCUT2D eigenvalue weighted by Gasteiger charge is 2.58. The molecule has 2 aromatic carbocycles. The third kappa shape index (κ3) is 15.8. The number of anilines is 2. The number of benzene rings is 2. The Bertz CT molecular complexity index is 3050. The minimum Gasteiger partial charge on any atom is -0.465 e. The van der Waals surface area contributed by atoms with Crippen LogP contribution in [0.5, 0.6) is 11.5 Å². The third-order valence-corrected chi connectivity index (χ3v) is 16.9. The molecule has 2 aliphatic heterocycles. The molecule has 84 heavy (non-hydrogen) atoms. The maximum Gasteiger partial charge on any atom is 0.459 e. The lowest BCUT2D eigenvalue weighted by atomic mass is 9.93. The quantitative estimate of drug-likeness (QED) is 0.0256. The van der Waals surface area contributed by atoms with Crippen molar-refractivity contribution in [2.24, 2.45) is 10.8 Å². The lowest BCUT2D eigenvalue weighted by Gasteiger charge is -2.31. The molecule has 12 atom stereocenters. The molecule has 30 heteroatoms. The highest BCUT2D eigenvalue weighted by atomic mass is 31.2. The van der Waals surface area contributed by atoms with Crippen LogP contribution in [-0.4, -0.2) is 149 Å². The van der Waals surface area contributed by atoms with Gasteiger partial charge in [0.15, 0.2) is 11.6 Å². The lowest BCUT2D eigenvalue weighted by Crippen LogP contribution is -2.49. The summed E-state index contributed by atoms with van der Waals surface area (Å²) < 4.78 is 105. The number of aromatic nitrogens is 6. The Morgan fingerprint density at radius 2 is 0.988 bits per heavy atom. The number of para-hydroxylation sites is 2. The Balaban J connectivity index is 0.000000241. The average molecular weight is 1220 g/mol. The molecule has 0 unspecified atom stereocenters. The van der Waals surface area contributed by atoms with Gasteiger partial charge in [0, 0.05) is 0 Å². The van der Waals surface area contributed by atoms with Crippen LogP contribution in [0.1, 0.15) is 91.8 Å². The smallest absolute Gasteiger partial charge is 0.459 e. The number of hydrogen-bond acceptors (Lipinski definition) is 22. The van der Waals surface area contributed by atoms with Crippen molar-refractivity contribution in [3.8, 4) is 11.5 Å². The molecule has 2 aliphatic rings. The molecular formula is C54H74F2N10O16P2. The van der Waals surface area contributed by atoms with E-state index in [1.54, 1.807) is 60.7 Å². The molecule has 6 heterocycles. The second-order valence-electron chi connectivity index (χ2n) is 22.8. The second kappa shape index (κ2) is 27.0. The van der Waals surface area contributed by atoms with E-state index in [0.29, 0.717) is 23.9 Å². The number of aliphatic hydroxyl groups excluding tert-OH is 4. The summed E-state index contributed by atoms with van der Waals surface area (Å²) in [5.74, 6) is -0.791. The number of ether oxygens (including phenoxy) is 4. The molecule has 10 N–H and O–H groups in total. The molecule has 2 saturated heterocycles. The van der Waals surface area contributed by atoms with E-state index in [1.165, 1.54) is 59.8 Å². The number of alkyl halides is 2. The fraction of sp³-hybridized carbons (Fsp3) is 0.519. The van der Waals surface area contributed by atoms with Crippen molar-refractivity contribution in [2.75, 3.05) is 51.2 Å². The number of nitrogen functional groups attached to an aromatic ring is 2. The molecule has 8 rings (SSSR count). The number of rotatable bonds is 24. The first-order valence-electron chi connectivity index (χ1n) is 26.8. The van der Waals surface area contributed by atoms with Crippen LogP contribution < -0.4 is 30.7 Å². The molecule has 0 radical (unpaired) electrons. The fourth-order valence-corrected chi connectivity index (χ4v) is 11.8. The Morgan fingerprint density at radius 3 is 1.32 bits per heavy atom. The number of nitrogens with zero attached hydrogens (tertiary/aromatic N) is 6. The average Bonchev–Trinajstić information content (AvgIpc) is 1.83. The molecule has 4 aromatic heterocycles. The summed E-state index contributed by atoms with van der Waals surface area (Å²) in [6.45, 7) is 10.9. The van der Waals surface area contributed by atoms with E-state index >= 15 is 0 Å². The van der Waals surface area contributed by atoms with Gasteiger partial charge in [-0.05, 0) is 86.1 Å². The van der Waals surface area contributed by atoms with Crippen LogP contribution in [0.25, 0.3) is 11.0 Å². The minimum atomic E-state index is -4.43. The number of hydrogen-bond donors (Lipinski definition) is 8. The molecule has 0 bridgehead atoms. The van der Waals surface area contributed by atoms with Crippen molar-refractivity contribution in [3.63, 3.8) is 0 Å². The van der Waals surface area contributed by atoms with Gasteiger partial charge in [0.05, 0.1) is 37.8 Å². The highest BCUT2D eigenvalue weighted by molar-refractivity contribution is 7.52. The summed E-state index contributed by atoms with van der Waals surface area (Å²) in [5.41, 5.74) is 8.71. The summed E-state index contributed by atoms with van der Waals surface area (Å²) in [6, 6.07) is 20.0. The van der Waals surface area contributed by atoms with Gasteiger partial charge in [0.2, 0.25) is 0 Å². The number of aliphatic hydroxyl groups is 4. The van der Waals surface area contributed by atoms with Crippen LogP contribution in [0, 0.1) is 10.8 Å². The number of carbonyl (C=O) groups is 2. The van der Waals surface area contributed by atoms with Gasteiger partial charge in [0.25, 0.3) is 0 Å². The van der Waals surface area contributed by atoms with Crippen LogP contribution in [0.3, 0.4) is 0 Å². The van der Waals surface area contributed by atoms with E-state index in [-0.39, 0.29) is 58.6 Å². The van der Waals surface area contributed by atoms with Crippen molar-refractivity contribution >= 4 is 50.1 Å². The van der Waals surface area contributed by atoms with Crippen molar-refractivity contribution in [1.29, 1.82) is 0 Å². The molecule has 2 fully saturated rings. The fourth-order valence-electron chi connectivity index (χ4n) is 8.68. The Labute approximate surface area is 483 Å². The summed E-state index contributed by atoms with van der Waals surface area (Å²) >= 11 is 0. The zero-order valence-corrected chi connectivity index (χ0v) is 49.5. The number of esters is 2. The molecule has 26 nitrogen and oxygen atoms in total. The van der Waals surface area contributed by atoms with Crippen molar-refractivity contribution in [2.45, 2.75) is 128 Å². The van der Waals surface area contributed by atoms with Crippen LogP contribution in [0.15, 0.2) is 97.6 Å². The Kier molecular flexibility index (Phi) is 21.0. The number of fused-ring (bicyclic) bond motifs is 2. The molecule has 0 aliphatic carbocycles. The number of carbonyl (C=O) groups excluding carboxylic acids is 2. The third-order valence-electron chi connectivity index (χ3n) is 13.6. The van der Waals surface area contributed by atoms with Gasteiger partial charge in [-0.1, -0.05) is 77.9 Å². The number of halogens is 2. The van der Waals surface area contributed by atoms with E-state index < -0.39 is 114 Å². The van der Waals surface area contributed by atoms with Gasteiger partial charge < -0.3 is 59.9 Å². The van der Waals surface area contributed by atoms with Crippen LogP contribution in [-0.2, 0) is 46.7 Å². The van der Waals surface area contributed by atoms with E-state index in [1.807, 2.05) is 41.5 Å². The first kappa shape index (κ1) is 65.3. The van der Waals surface area contributed by atoms with Gasteiger partial charge in [-0.2, -0.15) is 20.4 Å². The molecule has 0 amide bonds. The van der Waals surface area contributed by atoms with E-state index in [0.717, 1.165) is 0 Å². The summed E-state index contributed by atoms with van der Waals surface area (Å²) in [6.07, 6.45) is -5.73. The van der Waals surface area contributed by atoms with Gasteiger partial charge in [-0.25, -0.2) is 36.9 Å².